The maximum atomic E-state index is 12.9. The Balaban J connectivity index is 2.82. The first-order valence-electron chi connectivity index (χ1n) is 4.07. The Bertz CT molecular complexity index is 447. The van der Waals surface area contributed by atoms with Crippen molar-refractivity contribution in [3.8, 4) is 0 Å². The normalized spacial score (nSPS) is 11.0. The fraction of sp³-hybridized carbons (Fsp3) is 0.200. The summed E-state index contributed by atoms with van der Waals surface area (Å²) < 4.78 is 13.9. The van der Waals surface area contributed by atoms with Gasteiger partial charge in [-0.25, -0.2) is 4.39 Å². The molecule has 0 nitrogen and oxygen atoms in total. The highest BCUT2D eigenvalue weighted by Gasteiger charge is 2.07. The summed E-state index contributed by atoms with van der Waals surface area (Å²) in [4.78, 5) is 0. The van der Waals surface area contributed by atoms with Gasteiger partial charge in [0, 0.05) is 10.1 Å². The second kappa shape index (κ2) is 3.28. The molecule has 1 aromatic carbocycles. The van der Waals surface area contributed by atoms with Crippen molar-refractivity contribution in [3.05, 3.63) is 33.9 Å². The van der Waals surface area contributed by atoms with Crippen LogP contribution < -0.4 is 0 Å². The SMILES string of the molecule is CCc1csc2cc(F)cc(Cl)c12. The van der Waals surface area contributed by atoms with Crippen molar-refractivity contribution in [2.75, 3.05) is 0 Å². The summed E-state index contributed by atoms with van der Waals surface area (Å²) in [5, 5.41) is 3.57. The van der Waals surface area contributed by atoms with Gasteiger partial charge in [-0.15, -0.1) is 11.3 Å². The van der Waals surface area contributed by atoms with E-state index in [2.05, 4.69) is 6.92 Å². The third-order valence-electron chi connectivity index (χ3n) is 2.05. The quantitative estimate of drug-likeness (QED) is 0.666. The average molecular weight is 215 g/mol. The van der Waals surface area contributed by atoms with E-state index in [0.29, 0.717) is 5.02 Å². The number of hydrogen-bond acceptors (Lipinski definition) is 1. The minimum Gasteiger partial charge on any atom is -0.207 e. The zero-order valence-corrected chi connectivity index (χ0v) is 8.68. The minimum atomic E-state index is -0.262. The van der Waals surface area contributed by atoms with E-state index in [-0.39, 0.29) is 5.82 Å². The molecule has 1 aromatic heterocycles. The molecule has 0 radical (unpaired) electrons. The molecule has 0 saturated heterocycles. The van der Waals surface area contributed by atoms with Gasteiger partial charge >= 0.3 is 0 Å². The summed E-state index contributed by atoms with van der Waals surface area (Å²) >= 11 is 7.50. The molecule has 0 aliphatic rings. The monoisotopic (exact) mass is 214 g/mol. The van der Waals surface area contributed by atoms with Crippen LogP contribution in [0.1, 0.15) is 12.5 Å². The number of benzene rings is 1. The highest BCUT2D eigenvalue weighted by Crippen LogP contribution is 2.33. The van der Waals surface area contributed by atoms with E-state index in [1.807, 2.05) is 5.38 Å². The highest BCUT2D eigenvalue weighted by atomic mass is 35.5. The third kappa shape index (κ3) is 1.45. The van der Waals surface area contributed by atoms with E-state index in [1.54, 1.807) is 11.3 Å². The fourth-order valence-electron chi connectivity index (χ4n) is 1.41. The van der Waals surface area contributed by atoms with Gasteiger partial charge < -0.3 is 0 Å². The third-order valence-corrected chi connectivity index (χ3v) is 3.33. The van der Waals surface area contributed by atoms with Gasteiger partial charge in [-0.05, 0) is 29.5 Å². The van der Waals surface area contributed by atoms with Crippen molar-refractivity contribution in [1.29, 1.82) is 0 Å². The lowest BCUT2D eigenvalue weighted by Crippen LogP contribution is -1.79. The van der Waals surface area contributed by atoms with E-state index in [0.717, 1.165) is 16.5 Å². The summed E-state index contributed by atoms with van der Waals surface area (Å²) in [5.74, 6) is -0.262. The van der Waals surface area contributed by atoms with Crippen molar-refractivity contribution in [3.63, 3.8) is 0 Å². The van der Waals surface area contributed by atoms with Crippen LogP contribution in [0.4, 0.5) is 4.39 Å². The molecule has 0 unspecified atom stereocenters. The molecule has 0 aliphatic heterocycles. The number of hydrogen-bond donors (Lipinski definition) is 0. The summed E-state index contributed by atoms with van der Waals surface area (Å²) in [6.07, 6.45) is 0.936. The molecular weight excluding hydrogens is 207 g/mol. The summed E-state index contributed by atoms with van der Waals surface area (Å²) in [6, 6.07) is 2.90. The number of rotatable bonds is 1. The lowest BCUT2D eigenvalue weighted by Gasteiger charge is -1.97. The van der Waals surface area contributed by atoms with E-state index < -0.39 is 0 Å². The van der Waals surface area contributed by atoms with Crippen molar-refractivity contribution in [1.82, 2.24) is 0 Å². The Kier molecular flexibility index (Phi) is 2.26. The Morgan fingerprint density at radius 3 is 2.92 bits per heavy atom. The van der Waals surface area contributed by atoms with Crippen LogP contribution in [-0.4, -0.2) is 0 Å². The molecule has 2 rings (SSSR count). The predicted octanol–water partition coefficient (Wildman–Crippen LogP) is 4.26. The van der Waals surface area contributed by atoms with Crippen LogP contribution in [0.2, 0.25) is 5.02 Å². The molecule has 68 valence electrons. The van der Waals surface area contributed by atoms with Crippen molar-refractivity contribution in [2.24, 2.45) is 0 Å². The number of halogens is 2. The van der Waals surface area contributed by atoms with Gasteiger partial charge in [0.15, 0.2) is 0 Å². The molecule has 0 N–H and O–H groups in total. The van der Waals surface area contributed by atoms with Crippen LogP contribution in [0.5, 0.6) is 0 Å². The van der Waals surface area contributed by atoms with Crippen molar-refractivity contribution < 1.29 is 4.39 Å². The maximum absolute atomic E-state index is 12.9. The molecule has 0 aliphatic carbocycles. The van der Waals surface area contributed by atoms with Gasteiger partial charge in [0.2, 0.25) is 0 Å². The van der Waals surface area contributed by atoms with Crippen LogP contribution >= 0.6 is 22.9 Å². The first kappa shape index (κ1) is 8.97. The highest BCUT2D eigenvalue weighted by molar-refractivity contribution is 7.17. The van der Waals surface area contributed by atoms with Gasteiger partial charge in [0.25, 0.3) is 0 Å². The van der Waals surface area contributed by atoms with Crippen LogP contribution in [0.15, 0.2) is 17.5 Å². The van der Waals surface area contributed by atoms with E-state index in [9.17, 15) is 4.39 Å². The van der Waals surface area contributed by atoms with Gasteiger partial charge in [0.05, 0.1) is 5.02 Å². The minimum absolute atomic E-state index is 0.262. The van der Waals surface area contributed by atoms with E-state index in [1.165, 1.54) is 17.7 Å². The number of fused-ring (bicyclic) bond motifs is 1. The fourth-order valence-corrected chi connectivity index (χ4v) is 2.88. The summed E-state index contributed by atoms with van der Waals surface area (Å²) in [7, 11) is 0. The second-order valence-electron chi connectivity index (χ2n) is 2.88. The van der Waals surface area contributed by atoms with Crippen LogP contribution in [0.3, 0.4) is 0 Å². The number of aryl methyl sites for hydroxylation is 1. The Morgan fingerprint density at radius 1 is 1.46 bits per heavy atom. The lowest BCUT2D eigenvalue weighted by molar-refractivity contribution is 0.630. The molecule has 0 fully saturated rings. The molecule has 0 saturated carbocycles. The van der Waals surface area contributed by atoms with Crippen molar-refractivity contribution >= 4 is 33.0 Å². The maximum Gasteiger partial charge on any atom is 0.126 e. The van der Waals surface area contributed by atoms with Crippen LogP contribution in [0.25, 0.3) is 10.1 Å². The topological polar surface area (TPSA) is 0 Å². The molecule has 0 atom stereocenters. The molecule has 13 heavy (non-hydrogen) atoms. The first-order chi connectivity index (χ1) is 6.22. The summed E-state index contributed by atoms with van der Waals surface area (Å²) in [5.41, 5.74) is 1.20. The zero-order valence-electron chi connectivity index (χ0n) is 7.10. The van der Waals surface area contributed by atoms with Crippen LogP contribution in [0, 0.1) is 5.82 Å². The average Bonchev–Trinajstić information content (AvgIpc) is 2.47. The molecule has 0 spiro atoms. The van der Waals surface area contributed by atoms with Gasteiger partial charge in [0.1, 0.15) is 5.82 Å². The lowest BCUT2D eigenvalue weighted by atomic mass is 10.1. The van der Waals surface area contributed by atoms with Gasteiger partial charge in [-0.2, -0.15) is 0 Å². The standard InChI is InChI=1S/C10H8ClFS/c1-2-6-5-13-9-4-7(12)3-8(11)10(6)9/h3-5H,2H2,1H3. The Morgan fingerprint density at radius 2 is 2.23 bits per heavy atom. The van der Waals surface area contributed by atoms with E-state index in [4.69, 9.17) is 11.6 Å². The predicted molar refractivity (Wildman–Crippen MR) is 56.2 cm³/mol. The molecular formula is C10H8ClFS. The summed E-state index contributed by atoms with van der Waals surface area (Å²) in [6.45, 7) is 2.07. The Hall–Kier alpha value is -0.600. The van der Waals surface area contributed by atoms with E-state index >= 15 is 0 Å². The largest absolute Gasteiger partial charge is 0.207 e. The smallest absolute Gasteiger partial charge is 0.126 e. The molecule has 3 heteroatoms. The Labute approximate surface area is 85.0 Å². The number of thiophene rings is 1. The molecule has 2 aromatic rings. The first-order valence-corrected chi connectivity index (χ1v) is 5.33. The molecule has 0 amide bonds. The molecule has 0 bridgehead atoms. The zero-order chi connectivity index (χ0) is 9.42. The van der Waals surface area contributed by atoms with Gasteiger partial charge in [-0.1, -0.05) is 18.5 Å². The van der Waals surface area contributed by atoms with Crippen molar-refractivity contribution in [2.45, 2.75) is 13.3 Å². The second-order valence-corrected chi connectivity index (χ2v) is 4.19. The van der Waals surface area contributed by atoms with Crippen LogP contribution in [-0.2, 0) is 6.42 Å². The molecule has 1 heterocycles. The van der Waals surface area contributed by atoms with Gasteiger partial charge in [-0.3, -0.25) is 0 Å².